The van der Waals surface area contributed by atoms with Gasteiger partial charge in [-0.05, 0) is 38.7 Å². The molecule has 0 aliphatic rings. The summed E-state index contributed by atoms with van der Waals surface area (Å²) in [7, 11) is -2.08. The first kappa shape index (κ1) is 19.2. The summed E-state index contributed by atoms with van der Waals surface area (Å²) in [4.78, 5) is 0. The van der Waals surface area contributed by atoms with E-state index in [0.717, 1.165) is 6.04 Å². The highest BCUT2D eigenvalue weighted by molar-refractivity contribution is 7.44. The molecule has 0 N–H and O–H groups in total. The first-order valence-corrected chi connectivity index (χ1v) is 18.2. The Hall–Kier alpha value is 1.19. The lowest BCUT2D eigenvalue weighted by Crippen LogP contribution is -2.38. The summed E-state index contributed by atoms with van der Waals surface area (Å²) in [5, 5.41) is 0. The van der Waals surface area contributed by atoms with E-state index in [1.165, 1.54) is 25.7 Å². The van der Waals surface area contributed by atoms with E-state index in [4.69, 9.17) is 26.6 Å². The Bertz CT molecular complexity index is 224. The minimum Gasteiger partial charge on any atom is -0.418 e. The van der Waals surface area contributed by atoms with Crippen molar-refractivity contribution in [3.05, 3.63) is 0 Å². The van der Waals surface area contributed by atoms with Gasteiger partial charge in [0.25, 0.3) is 0 Å². The van der Waals surface area contributed by atoms with Gasteiger partial charge in [0.2, 0.25) is 6.69 Å². The van der Waals surface area contributed by atoms with Crippen molar-refractivity contribution in [1.82, 2.24) is 0 Å². The molecule has 0 aromatic heterocycles. The van der Waals surface area contributed by atoms with Gasteiger partial charge < -0.3 is 4.43 Å². The zero-order valence-electron chi connectivity index (χ0n) is 12.9. The van der Waals surface area contributed by atoms with E-state index in [1.807, 2.05) is 6.55 Å². The smallest absolute Gasteiger partial charge is 0.248 e. The molecule has 1 atom stereocenters. The van der Waals surface area contributed by atoms with Crippen LogP contribution in [-0.4, -0.2) is 29.5 Å². The molecule has 0 fully saturated rings. The van der Waals surface area contributed by atoms with Crippen molar-refractivity contribution in [2.75, 3.05) is 0 Å². The van der Waals surface area contributed by atoms with Crippen molar-refractivity contribution >= 4 is 46.0 Å². The van der Waals surface area contributed by atoms with Crippen LogP contribution in [0.5, 0.6) is 0 Å². The van der Waals surface area contributed by atoms with Gasteiger partial charge in [-0.15, -0.1) is 22.2 Å². The van der Waals surface area contributed by atoms with Crippen LogP contribution in [0.3, 0.4) is 0 Å². The molecule has 0 aromatic carbocycles. The molecule has 0 aromatic rings. The fourth-order valence-corrected chi connectivity index (χ4v) is 7.85. The van der Waals surface area contributed by atoms with Crippen LogP contribution >= 0.6 is 22.2 Å². The summed E-state index contributed by atoms with van der Waals surface area (Å²) in [5.41, 5.74) is 0.562. The van der Waals surface area contributed by atoms with Crippen molar-refractivity contribution in [2.45, 2.75) is 76.7 Å². The number of halogens is 2. The number of rotatable bonds is 9. The first-order chi connectivity index (χ1) is 8.01. The van der Waals surface area contributed by atoms with Gasteiger partial charge in [0.05, 0.1) is 8.80 Å². The lowest BCUT2D eigenvalue weighted by Gasteiger charge is -2.29. The highest BCUT2D eigenvalue weighted by atomic mass is 35.7. The highest BCUT2D eigenvalue weighted by Crippen LogP contribution is 2.24. The van der Waals surface area contributed by atoms with Gasteiger partial charge in [0.15, 0.2) is 8.32 Å². The molecule has 6 heteroatoms. The summed E-state index contributed by atoms with van der Waals surface area (Å²) < 4.78 is 6.30. The number of hydrogen-bond acceptors (Lipinski definition) is 1. The predicted molar refractivity (Wildman–Crippen MR) is 93.7 cm³/mol. The van der Waals surface area contributed by atoms with Crippen LogP contribution in [-0.2, 0) is 4.43 Å². The molecule has 0 saturated heterocycles. The summed E-state index contributed by atoms with van der Waals surface area (Å²) in [5.74, 6) is 0. The number of unbranched alkanes of at least 4 members (excludes halogenated alkanes) is 2. The molecule has 18 heavy (non-hydrogen) atoms. The Morgan fingerprint density at radius 2 is 1.56 bits per heavy atom. The van der Waals surface area contributed by atoms with Crippen molar-refractivity contribution in [1.29, 1.82) is 0 Å². The fourth-order valence-electron chi connectivity index (χ4n) is 1.94. The second-order valence-corrected chi connectivity index (χ2v) is 22.6. The van der Waals surface area contributed by atoms with Crippen LogP contribution in [0.2, 0.25) is 45.3 Å². The average Bonchev–Trinajstić information content (AvgIpc) is 2.11. The van der Waals surface area contributed by atoms with E-state index < -0.39 is 23.8 Å². The van der Waals surface area contributed by atoms with Crippen molar-refractivity contribution in [2.24, 2.45) is 0 Å². The topological polar surface area (TPSA) is 9.23 Å². The van der Waals surface area contributed by atoms with Crippen LogP contribution in [0.15, 0.2) is 0 Å². The maximum absolute atomic E-state index is 6.30. The van der Waals surface area contributed by atoms with Crippen LogP contribution < -0.4 is 0 Å². The van der Waals surface area contributed by atoms with E-state index in [0.29, 0.717) is 5.73 Å². The third-order valence-corrected chi connectivity index (χ3v) is 8.46. The van der Waals surface area contributed by atoms with Crippen molar-refractivity contribution < 1.29 is 4.43 Å². The van der Waals surface area contributed by atoms with Gasteiger partial charge in [0, 0.05) is 5.73 Å². The Labute approximate surface area is 127 Å². The van der Waals surface area contributed by atoms with Crippen LogP contribution in [0.4, 0.5) is 0 Å². The Morgan fingerprint density at radius 3 is 1.94 bits per heavy atom. The van der Waals surface area contributed by atoms with Crippen LogP contribution in [0, 0.1) is 0 Å². The predicted octanol–water partition coefficient (Wildman–Crippen LogP) is 5.34. The van der Waals surface area contributed by atoms with Gasteiger partial charge in [-0.25, -0.2) is 0 Å². The minimum atomic E-state index is -1.87. The van der Waals surface area contributed by atoms with Gasteiger partial charge >= 0.3 is 0 Å². The van der Waals surface area contributed by atoms with Crippen molar-refractivity contribution in [3.8, 4) is 0 Å². The second-order valence-electron chi connectivity index (χ2n) is 6.68. The normalized spacial score (nSPS) is 15.2. The molecule has 0 saturated carbocycles. The molecule has 0 spiro atoms. The first-order valence-electron chi connectivity index (χ1n) is 7.07. The SMILES string of the molecule is C[SiH](C)C(CCCCC[Si](C)(Cl)Cl)O[Si](C)(C)C. The van der Waals surface area contributed by atoms with Gasteiger partial charge in [-0.1, -0.05) is 32.4 Å². The second kappa shape index (κ2) is 8.47. The lowest BCUT2D eigenvalue weighted by molar-refractivity contribution is 0.251. The Morgan fingerprint density at radius 1 is 1.00 bits per heavy atom. The minimum absolute atomic E-state index is 0.562. The third-order valence-electron chi connectivity index (χ3n) is 2.85. The average molecular weight is 346 g/mol. The van der Waals surface area contributed by atoms with Gasteiger partial charge in [0.1, 0.15) is 0 Å². The van der Waals surface area contributed by atoms with E-state index in [-0.39, 0.29) is 0 Å². The number of hydrogen-bond donors (Lipinski definition) is 0. The largest absolute Gasteiger partial charge is 0.418 e. The van der Waals surface area contributed by atoms with Crippen LogP contribution in [0.25, 0.3) is 0 Å². The van der Waals surface area contributed by atoms with E-state index in [2.05, 4.69) is 32.7 Å². The van der Waals surface area contributed by atoms with Gasteiger partial charge in [-0.3, -0.25) is 0 Å². The zero-order valence-corrected chi connectivity index (χ0v) is 17.5. The van der Waals surface area contributed by atoms with Crippen molar-refractivity contribution in [3.63, 3.8) is 0 Å². The third kappa shape index (κ3) is 12.2. The Balaban J connectivity index is 3.85. The molecule has 0 rings (SSSR count). The summed E-state index contributed by atoms with van der Waals surface area (Å²) in [6, 6.07) is 1.02. The molecular formula is C12H30Cl2OSi3. The maximum Gasteiger partial charge on any atom is 0.248 e. The molecule has 1 unspecified atom stereocenters. The molecule has 0 aliphatic carbocycles. The molecule has 0 bridgehead atoms. The zero-order chi connectivity index (χ0) is 14.4. The van der Waals surface area contributed by atoms with Gasteiger partial charge in [-0.2, -0.15) is 0 Å². The maximum atomic E-state index is 6.30. The van der Waals surface area contributed by atoms with E-state index in [1.54, 1.807) is 0 Å². The summed E-state index contributed by atoms with van der Waals surface area (Å²) in [6.45, 7) is 11.8. The quantitative estimate of drug-likeness (QED) is 0.311. The van der Waals surface area contributed by atoms with E-state index in [9.17, 15) is 0 Å². The summed E-state index contributed by atoms with van der Waals surface area (Å²) >= 11 is 12.2. The standard InChI is InChI=1S/C12H30Cl2OSi3/c1-16(2)12(15-17(3,4)5)10-8-7-9-11-18(6,13)14/h12,16H,7-11H2,1-6H3. The molecule has 0 heterocycles. The molecular weight excluding hydrogens is 315 g/mol. The molecule has 0 aliphatic heterocycles. The molecule has 0 amide bonds. The van der Waals surface area contributed by atoms with E-state index >= 15 is 0 Å². The Kier molecular flexibility index (Phi) is 9.03. The molecule has 110 valence electrons. The fraction of sp³-hybridized carbons (Fsp3) is 1.00. The summed E-state index contributed by atoms with van der Waals surface area (Å²) in [6.07, 6.45) is 4.92. The molecule has 1 nitrogen and oxygen atoms in total. The van der Waals surface area contributed by atoms with Crippen LogP contribution in [0.1, 0.15) is 25.7 Å². The lowest BCUT2D eigenvalue weighted by atomic mass is 10.2. The molecule has 0 radical (unpaired) electrons. The highest BCUT2D eigenvalue weighted by Gasteiger charge is 2.24. The monoisotopic (exact) mass is 344 g/mol.